The van der Waals surface area contributed by atoms with E-state index in [0.29, 0.717) is 10.0 Å². The molecule has 1 aliphatic heterocycles. The molecule has 8 heteroatoms. The largest absolute Gasteiger partial charge is 0.382 e. The molecule has 0 saturated carbocycles. The topological polar surface area (TPSA) is 93.1 Å². The molecule has 0 bridgehead atoms. The number of Topliss-reactive ketones (excluding diaryl/α,β-unsaturated/α-hetero) is 2. The van der Waals surface area contributed by atoms with Gasteiger partial charge >= 0.3 is 0 Å². The standard InChI is InChI=1S/C20H18Cl2O6/c1-27-15-10-20(26,18(25)12-4-8-14(22)9-5-12)19(28-15)17(24)16(23)11-2-6-13(21)7-3-11/h2-9,15,17,19,24,26H,10H2,1H3/t15-,17?,19+,20+/m0/s1. The lowest BCUT2D eigenvalue weighted by Gasteiger charge is -2.29. The molecule has 1 fully saturated rings. The quantitative estimate of drug-likeness (QED) is 0.692. The van der Waals surface area contributed by atoms with Crippen molar-refractivity contribution < 1.29 is 29.3 Å². The van der Waals surface area contributed by atoms with Crippen LogP contribution < -0.4 is 0 Å². The first-order valence-electron chi connectivity index (χ1n) is 8.45. The van der Waals surface area contributed by atoms with E-state index in [2.05, 4.69) is 0 Å². The van der Waals surface area contributed by atoms with Crippen LogP contribution in [0, 0.1) is 0 Å². The Hall–Kier alpha value is -1.80. The van der Waals surface area contributed by atoms with Gasteiger partial charge in [0.2, 0.25) is 0 Å². The van der Waals surface area contributed by atoms with Gasteiger partial charge in [-0.25, -0.2) is 0 Å². The third-order valence-electron chi connectivity index (χ3n) is 4.69. The molecule has 2 aromatic carbocycles. The van der Waals surface area contributed by atoms with E-state index in [1.807, 2.05) is 0 Å². The minimum absolute atomic E-state index is 0.169. The number of aliphatic hydroxyl groups excluding tert-OH is 1. The van der Waals surface area contributed by atoms with Gasteiger partial charge < -0.3 is 19.7 Å². The molecule has 1 saturated heterocycles. The van der Waals surface area contributed by atoms with Crippen molar-refractivity contribution >= 4 is 34.8 Å². The van der Waals surface area contributed by atoms with Gasteiger partial charge in [-0.1, -0.05) is 23.2 Å². The van der Waals surface area contributed by atoms with E-state index in [4.69, 9.17) is 32.7 Å². The Balaban J connectivity index is 1.92. The SMILES string of the molecule is CO[C@@H]1C[C@@](O)(C(=O)c2ccc(Cl)cc2)[C@@H](C(O)C(=O)c2ccc(Cl)cc2)O1. The fourth-order valence-electron chi connectivity index (χ4n) is 3.16. The third-order valence-corrected chi connectivity index (χ3v) is 5.20. The maximum absolute atomic E-state index is 13.0. The van der Waals surface area contributed by atoms with Gasteiger partial charge in [-0.3, -0.25) is 9.59 Å². The Labute approximate surface area is 171 Å². The zero-order chi connectivity index (χ0) is 20.5. The van der Waals surface area contributed by atoms with Crippen molar-refractivity contribution in [1.29, 1.82) is 0 Å². The first-order chi connectivity index (χ1) is 13.3. The molecule has 0 radical (unpaired) electrons. The zero-order valence-corrected chi connectivity index (χ0v) is 16.4. The molecule has 0 aromatic heterocycles. The molecule has 2 N–H and O–H groups in total. The van der Waals surface area contributed by atoms with Crippen molar-refractivity contribution in [3.8, 4) is 0 Å². The molecule has 6 nitrogen and oxygen atoms in total. The highest BCUT2D eigenvalue weighted by molar-refractivity contribution is 6.31. The Morgan fingerprint density at radius 2 is 1.57 bits per heavy atom. The smallest absolute Gasteiger partial charge is 0.197 e. The van der Waals surface area contributed by atoms with Gasteiger partial charge in [0.15, 0.2) is 23.5 Å². The van der Waals surface area contributed by atoms with Crippen molar-refractivity contribution in [1.82, 2.24) is 0 Å². The molecule has 1 unspecified atom stereocenters. The van der Waals surface area contributed by atoms with E-state index in [-0.39, 0.29) is 17.5 Å². The van der Waals surface area contributed by atoms with Gasteiger partial charge in [0.25, 0.3) is 0 Å². The van der Waals surface area contributed by atoms with Gasteiger partial charge in [0, 0.05) is 34.7 Å². The maximum atomic E-state index is 13.0. The van der Waals surface area contributed by atoms with E-state index in [1.54, 1.807) is 0 Å². The van der Waals surface area contributed by atoms with Crippen molar-refractivity contribution in [2.24, 2.45) is 0 Å². The van der Waals surface area contributed by atoms with Gasteiger partial charge in [-0.2, -0.15) is 0 Å². The summed E-state index contributed by atoms with van der Waals surface area (Å²) < 4.78 is 10.6. The van der Waals surface area contributed by atoms with E-state index in [1.165, 1.54) is 55.6 Å². The highest BCUT2D eigenvalue weighted by atomic mass is 35.5. The molecule has 0 aliphatic carbocycles. The van der Waals surface area contributed by atoms with Crippen LogP contribution >= 0.6 is 23.2 Å². The Morgan fingerprint density at radius 1 is 1.07 bits per heavy atom. The highest BCUT2D eigenvalue weighted by Gasteiger charge is 2.57. The molecule has 4 atom stereocenters. The number of aliphatic hydroxyl groups is 2. The van der Waals surface area contributed by atoms with Crippen LogP contribution in [-0.4, -0.2) is 53.0 Å². The van der Waals surface area contributed by atoms with E-state index in [9.17, 15) is 19.8 Å². The Kier molecular flexibility index (Phi) is 6.19. The average Bonchev–Trinajstić information content (AvgIpc) is 3.05. The molecular weight excluding hydrogens is 407 g/mol. The summed E-state index contributed by atoms with van der Waals surface area (Å²) in [6.07, 6.45) is -4.49. The van der Waals surface area contributed by atoms with Crippen LogP contribution in [0.2, 0.25) is 10.0 Å². The van der Waals surface area contributed by atoms with Gasteiger partial charge in [0.05, 0.1) is 0 Å². The van der Waals surface area contributed by atoms with Crippen molar-refractivity contribution in [3.63, 3.8) is 0 Å². The van der Waals surface area contributed by atoms with Crippen LogP contribution in [0.15, 0.2) is 48.5 Å². The third kappa shape index (κ3) is 3.98. The molecular formula is C20H18Cl2O6. The maximum Gasteiger partial charge on any atom is 0.197 e. The predicted octanol–water partition coefficient (Wildman–Crippen LogP) is 2.91. The Bertz CT molecular complexity index is 867. The number of ether oxygens (including phenoxy) is 2. The monoisotopic (exact) mass is 424 g/mol. The molecule has 1 aliphatic rings. The van der Waals surface area contributed by atoms with Crippen LogP contribution in [0.25, 0.3) is 0 Å². The van der Waals surface area contributed by atoms with Crippen LogP contribution in [0.4, 0.5) is 0 Å². The van der Waals surface area contributed by atoms with Gasteiger partial charge in [-0.05, 0) is 48.5 Å². The number of hydrogen-bond donors (Lipinski definition) is 2. The predicted molar refractivity (Wildman–Crippen MR) is 103 cm³/mol. The van der Waals surface area contributed by atoms with E-state index >= 15 is 0 Å². The van der Waals surface area contributed by atoms with Crippen LogP contribution in [0.1, 0.15) is 27.1 Å². The number of rotatable bonds is 6. The van der Waals surface area contributed by atoms with Crippen LogP contribution in [0.3, 0.4) is 0 Å². The Morgan fingerprint density at radius 3 is 2.07 bits per heavy atom. The number of halogens is 2. The lowest BCUT2D eigenvalue weighted by molar-refractivity contribution is -0.143. The first kappa shape index (κ1) is 20.9. The number of ketones is 2. The molecule has 0 spiro atoms. The molecule has 0 amide bonds. The van der Waals surface area contributed by atoms with E-state index < -0.39 is 35.7 Å². The minimum atomic E-state index is -2.16. The fraction of sp³-hybridized carbons (Fsp3) is 0.300. The fourth-order valence-corrected chi connectivity index (χ4v) is 3.42. The highest BCUT2D eigenvalue weighted by Crippen LogP contribution is 2.37. The van der Waals surface area contributed by atoms with Crippen LogP contribution in [0.5, 0.6) is 0 Å². The minimum Gasteiger partial charge on any atom is -0.382 e. The van der Waals surface area contributed by atoms with Crippen molar-refractivity contribution in [2.75, 3.05) is 7.11 Å². The van der Waals surface area contributed by atoms with E-state index in [0.717, 1.165) is 0 Å². The van der Waals surface area contributed by atoms with Crippen LogP contribution in [-0.2, 0) is 9.47 Å². The summed E-state index contributed by atoms with van der Waals surface area (Å²) in [4.78, 5) is 25.7. The number of carbonyl (C=O) groups is 2. The normalized spacial score (nSPS) is 25.5. The molecule has 3 rings (SSSR count). The first-order valence-corrected chi connectivity index (χ1v) is 9.20. The number of methoxy groups -OCH3 is 1. The molecule has 1 heterocycles. The lowest BCUT2D eigenvalue weighted by atomic mass is 9.82. The summed E-state index contributed by atoms with van der Waals surface area (Å²) in [5.41, 5.74) is -1.82. The van der Waals surface area contributed by atoms with Gasteiger partial charge in [0.1, 0.15) is 12.2 Å². The lowest BCUT2D eigenvalue weighted by Crippen LogP contribution is -2.53. The van der Waals surface area contributed by atoms with Crippen molar-refractivity contribution in [2.45, 2.75) is 30.5 Å². The zero-order valence-electron chi connectivity index (χ0n) is 14.8. The summed E-state index contributed by atoms with van der Waals surface area (Å²) in [6, 6.07) is 11.8. The molecule has 148 valence electrons. The summed E-state index contributed by atoms with van der Waals surface area (Å²) in [7, 11) is 1.34. The number of benzene rings is 2. The average molecular weight is 425 g/mol. The summed E-state index contributed by atoms with van der Waals surface area (Å²) >= 11 is 11.7. The number of carbonyl (C=O) groups excluding carboxylic acids is 2. The molecule has 2 aromatic rings. The number of hydrogen-bond acceptors (Lipinski definition) is 6. The molecule has 28 heavy (non-hydrogen) atoms. The summed E-state index contributed by atoms with van der Waals surface area (Å²) in [5, 5.41) is 22.6. The second kappa shape index (κ2) is 8.29. The second-order valence-corrected chi connectivity index (χ2v) is 7.38. The van der Waals surface area contributed by atoms with Gasteiger partial charge in [-0.15, -0.1) is 0 Å². The van der Waals surface area contributed by atoms with Crippen molar-refractivity contribution in [3.05, 3.63) is 69.7 Å². The summed E-state index contributed by atoms with van der Waals surface area (Å²) in [6.45, 7) is 0. The summed E-state index contributed by atoms with van der Waals surface area (Å²) in [5.74, 6) is -1.41. The second-order valence-electron chi connectivity index (χ2n) is 6.50.